The fourth-order valence-corrected chi connectivity index (χ4v) is 2.85. The molecule has 6 heteroatoms. The second kappa shape index (κ2) is 6.36. The number of aromatic nitrogens is 2. The minimum absolute atomic E-state index is 0.0588. The molecule has 0 spiro atoms. The van der Waals surface area contributed by atoms with Gasteiger partial charge in [0, 0.05) is 25.1 Å². The quantitative estimate of drug-likeness (QED) is 0.862. The van der Waals surface area contributed by atoms with E-state index in [1.54, 1.807) is 37.2 Å². The molecule has 3 rings (SSSR count). The highest BCUT2D eigenvalue weighted by Gasteiger charge is 2.17. The molecule has 6 nitrogen and oxygen atoms in total. The number of benzene rings is 1. The second-order valence-electron chi connectivity index (χ2n) is 5.51. The van der Waals surface area contributed by atoms with Gasteiger partial charge in [0.25, 0.3) is 5.56 Å². The Labute approximate surface area is 128 Å². The van der Waals surface area contributed by atoms with Gasteiger partial charge in [-0.05, 0) is 18.9 Å². The van der Waals surface area contributed by atoms with E-state index in [1.165, 1.54) is 0 Å². The monoisotopic (exact) mass is 304 g/mol. The maximum absolute atomic E-state index is 12.7. The average Bonchev–Trinajstić information content (AvgIpc) is 2.57. The smallest absolute Gasteiger partial charge is 0.261 e. The first-order chi connectivity index (χ1) is 10.7. The van der Waals surface area contributed by atoms with Crippen LogP contribution in [0, 0.1) is 5.92 Å². The predicted molar refractivity (Wildman–Crippen MR) is 82.7 cm³/mol. The molecule has 2 aromatic rings. The molecule has 118 valence electrons. The number of hydrogen-bond donors (Lipinski definition) is 0. The van der Waals surface area contributed by atoms with Crippen molar-refractivity contribution < 1.29 is 14.2 Å². The lowest BCUT2D eigenvalue weighted by Gasteiger charge is -2.22. The van der Waals surface area contributed by atoms with Crippen molar-refractivity contribution in [2.24, 2.45) is 5.92 Å². The Morgan fingerprint density at radius 3 is 2.77 bits per heavy atom. The fourth-order valence-electron chi connectivity index (χ4n) is 2.85. The number of ether oxygens (including phenoxy) is 3. The van der Waals surface area contributed by atoms with Gasteiger partial charge in [0.1, 0.15) is 0 Å². The molecule has 0 amide bonds. The zero-order chi connectivity index (χ0) is 15.5. The Kier molecular flexibility index (Phi) is 4.29. The van der Waals surface area contributed by atoms with Crippen LogP contribution < -0.4 is 15.0 Å². The van der Waals surface area contributed by atoms with Gasteiger partial charge in [-0.25, -0.2) is 4.98 Å². The van der Waals surface area contributed by atoms with E-state index in [1.807, 2.05) is 0 Å². The van der Waals surface area contributed by atoms with Crippen molar-refractivity contribution in [3.05, 3.63) is 28.8 Å². The number of nitrogens with zero attached hydrogens (tertiary/aromatic N) is 2. The summed E-state index contributed by atoms with van der Waals surface area (Å²) in [7, 11) is 3.12. The van der Waals surface area contributed by atoms with Crippen LogP contribution in [-0.2, 0) is 11.3 Å². The predicted octanol–water partition coefficient (Wildman–Crippen LogP) is 1.84. The van der Waals surface area contributed by atoms with Crippen LogP contribution >= 0.6 is 0 Å². The molecular weight excluding hydrogens is 284 g/mol. The summed E-state index contributed by atoms with van der Waals surface area (Å²) in [5, 5.41) is 0.539. The van der Waals surface area contributed by atoms with Crippen LogP contribution in [0.4, 0.5) is 0 Å². The number of hydrogen-bond acceptors (Lipinski definition) is 5. The maximum atomic E-state index is 12.7. The van der Waals surface area contributed by atoms with E-state index < -0.39 is 0 Å². The maximum Gasteiger partial charge on any atom is 0.261 e. The van der Waals surface area contributed by atoms with Gasteiger partial charge < -0.3 is 14.2 Å². The number of fused-ring (bicyclic) bond motifs is 1. The van der Waals surface area contributed by atoms with Gasteiger partial charge in [0.15, 0.2) is 11.5 Å². The first-order valence-corrected chi connectivity index (χ1v) is 7.42. The molecule has 1 saturated heterocycles. The van der Waals surface area contributed by atoms with E-state index in [4.69, 9.17) is 14.2 Å². The van der Waals surface area contributed by atoms with Crippen molar-refractivity contribution in [1.82, 2.24) is 9.55 Å². The Bertz CT molecular complexity index is 720. The summed E-state index contributed by atoms with van der Waals surface area (Å²) in [6, 6.07) is 3.42. The van der Waals surface area contributed by atoms with E-state index in [2.05, 4.69) is 4.98 Å². The summed E-state index contributed by atoms with van der Waals surface area (Å²) in [6.45, 7) is 2.16. The molecule has 1 aliphatic rings. The second-order valence-corrected chi connectivity index (χ2v) is 5.51. The highest BCUT2D eigenvalue weighted by molar-refractivity contribution is 5.81. The van der Waals surface area contributed by atoms with E-state index >= 15 is 0 Å². The van der Waals surface area contributed by atoms with Crippen molar-refractivity contribution in [2.75, 3.05) is 27.4 Å². The lowest BCUT2D eigenvalue weighted by Crippen LogP contribution is -2.28. The van der Waals surface area contributed by atoms with Gasteiger partial charge in [0.2, 0.25) is 0 Å². The first kappa shape index (κ1) is 14.8. The molecule has 0 aliphatic carbocycles. The van der Waals surface area contributed by atoms with Gasteiger partial charge in [-0.1, -0.05) is 0 Å². The molecule has 0 radical (unpaired) electrons. The highest BCUT2D eigenvalue weighted by Crippen LogP contribution is 2.29. The summed E-state index contributed by atoms with van der Waals surface area (Å²) in [6.07, 6.45) is 3.73. The third-order valence-electron chi connectivity index (χ3n) is 4.04. The summed E-state index contributed by atoms with van der Waals surface area (Å²) in [5.41, 5.74) is 0.551. The molecule has 1 aromatic carbocycles. The van der Waals surface area contributed by atoms with Crippen molar-refractivity contribution >= 4 is 10.9 Å². The molecule has 0 unspecified atom stereocenters. The van der Waals surface area contributed by atoms with Crippen molar-refractivity contribution in [1.29, 1.82) is 0 Å². The van der Waals surface area contributed by atoms with Crippen LogP contribution in [0.2, 0.25) is 0 Å². The SMILES string of the molecule is COc1cc2ncn(C[C@H]3CCCOC3)c(=O)c2cc1OC. The molecule has 0 bridgehead atoms. The largest absolute Gasteiger partial charge is 0.493 e. The summed E-state index contributed by atoms with van der Waals surface area (Å²) in [5.74, 6) is 1.47. The van der Waals surface area contributed by atoms with Gasteiger partial charge in [0.05, 0.1) is 38.1 Å². The van der Waals surface area contributed by atoms with Crippen LogP contribution in [0.15, 0.2) is 23.3 Å². The molecule has 1 atom stereocenters. The molecule has 1 aromatic heterocycles. The van der Waals surface area contributed by atoms with E-state index in [-0.39, 0.29) is 5.56 Å². The molecule has 2 heterocycles. The van der Waals surface area contributed by atoms with Gasteiger partial charge in [-0.15, -0.1) is 0 Å². The third kappa shape index (κ3) is 2.78. The summed E-state index contributed by atoms with van der Waals surface area (Å²) >= 11 is 0. The van der Waals surface area contributed by atoms with Crippen LogP contribution in [0.3, 0.4) is 0 Å². The lowest BCUT2D eigenvalue weighted by atomic mass is 10.0. The van der Waals surface area contributed by atoms with Crippen LogP contribution in [0.1, 0.15) is 12.8 Å². The Morgan fingerprint density at radius 2 is 2.09 bits per heavy atom. The molecule has 22 heavy (non-hydrogen) atoms. The standard InChI is InChI=1S/C16H20N2O4/c1-20-14-6-12-13(7-15(14)21-2)17-10-18(16(12)19)8-11-4-3-5-22-9-11/h6-7,10-11H,3-5,8-9H2,1-2H3/t11-/m1/s1. The lowest BCUT2D eigenvalue weighted by molar-refractivity contribution is 0.0479. The van der Waals surface area contributed by atoms with E-state index in [9.17, 15) is 4.79 Å². The minimum atomic E-state index is -0.0588. The van der Waals surface area contributed by atoms with E-state index in [0.717, 1.165) is 19.4 Å². The third-order valence-corrected chi connectivity index (χ3v) is 4.04. The Morgan fingerprint density at radius 1 is 1.32 bits per heavy atom. The zero-order valence-corrected chi connectivity index (χ0v) is 12.9. The average molecular weight is 304 g/mol. The normalized spacial score (nSPS) is 18.4. The number of methoxy groups -OCH3 is 2. The van der Waals surface area contributed by atoms with Crippen molar-refractivity contribution in [2.45, 2.75) is 19.4 Å². The molecule has 1 fully saturated rings. The summed E-state index contributed by atoms with van der Waals surface area (Å²) in [4.78, 5) is 17.0. The van der Waals surface area contributed by atoms with Crippen molar-refractivity contribution in [3.63, 3.8) is 0 Å². The first-order valence-electron chi connectivity index (χ1n) is 7.42. The number of rotatable bonds is 4. The molecular formula is C16H20N2O4. The van der Waals surface area contributed by atoms with Crippen LogP contribution in [0.25, 0.3) is 10.9 Å². The van der Waals surface area contributed by atoms with Gasteiger partial charge in [-0.3, -0.25) is 9.36 Å². The fraction of sp³-hybridized carbons (Fsp3) is 0.500. The topological polar surface area (TPSA) is 62.6 Å². The molecule has 0 N–H and O–H groups in total. The summed E-state index contributed by atoms with van der Waals surface area (Å²) < 4.78 is 17.7. The van der Waals surface area contributed by atoms with Gasteiger partial charge >= 0.3 is 0 Å². The zero-order valence-electron chi connectivity index (χ0n) is 12.9. The molecule has 0 saturated carbocycles. The van der Waals surface area contributed by atoms with Crippen LogP contribution in [-0.4, -0.2) is 37.0 Å². The minimum Gasteiger partial charge on any atom is -0.493 e. The van der Waals surface area contributed by atoms with Crippen LogP contribution in [0.5, 0.6) is 11.5 Å². The molecule has 1 aliphatic heterocycles. The Balaban J connectivity index is 1.99. The van der Waals surface area contributed by atoms with E-state index in [0.29, 0.717) is 41.5 Å². The van der Waals surface area contributed by atoms with Gasteiger partial charge in [-0.2, -0.15) is 0 Å². The Hall–Kier alpha value is -2.08. The van der Waals surface area contributed by atoms with Crippen molar-refractivity contribution in [3.8, 4) is 11.5 Å². The highest BCUT2D eigenvalue weighted by atomic mass is 16.5.